The Kier molecular flexibility index (Phi) is 14.3. The molecule has 10 rings (SSSR count). The summed E-state index contributed by atoms with van der Waals surface area (Å²) in [6.07, 6.45) is 3.52. The molecule has 0 fully saturated rings. The average molecular weight is 958 g/mol. The highest BCUT2D eigenvalue weighted by atomic mass is 16.5. The fraction of sp³-hybridized carbons (Fsp3) is 0.0597. The zero-order valence-corrected chi connectivity index (χ0v) is 41.2. The molecule has 74 heavy (non-hydrogen) atoms. The summed E-state index contributed by atoms with van der Waals surface area (Å²) in [5.41, 5.74) is 15.5. The summed E-state index contributed by atoms with van der Waals surface area (Å²) in [4.78, 5) is 14.1. The van der Waals surface area contributed by atoms with Gasteiger partial charge in [0, 0.05) is 45.8 Å². The number of ether oxygens (including phenoxy) is 4. The molecule has 0 saturated heterocycles. The third-order valence-corrected chi connectivity index (χ3v) is 12.1. The number of pyridine rings is 3. The van der Waals surface area contributed by atoms with Crippen LogP contribution in [0, 0.1) is 35.5 Å². The van der Waals surface area contributed by atoms with Gasteiger partial charge in [0.05, 0.1) is 51.2 Å². The van der Waals surface area contributed by atoms with E-state index in [0.717, 1.165) is 112 Å². The van der Waals surface area contributed by atoms with Crippen LogP contribution in [0.3, 0.4) is 0 Å². The molecule has 0 atom stereocenters. The molecule has 0 saturated carbocycles. The van der Waals surface area contributed by atoms with Crippen molar-refractivity contribution in [3.63, 3.8) is 0 Å². The predicted molar refractivity (Wildman–Crippen MR) is 296 cm³/mol. The summed E-state index contributed by atoms with van der Waals surface area (Å²) in [5.74, 6) is 24.0. The first-order valence-electron chi connectivity index (χ1n) is 23.8. The minimum Gasteiger partial charge on any atom is -0.497 e. The largest absolute Gasteiger partial charge is 0.497 e. The highest BCUT2D eigenvalue weighted by Gasteiger charge is 2.11. The summed E-state index contributed by atoms with van der Waals surface area (Å²) in [5, 5.41) is 0. The first kappa shape index (κ1) is 47.5. The second-order valence-electron chi connectivity index (χ2n) is 17.1. The second kappa shape index (κ2) is 22.3. The molecule has 354 valence electrons. The lowest BCUT2D eigenvalue weighted by Gasteiger charge is -2.10. The first-order valence-corrected chi connectivity index (χ1v) is 23.8. The van der Waals surface area contributed by atoms with Gasteiger partial charge in [0.1, 0.15) is 23.0 Å². The van der Waals surface area contributed by atoms with Crippen LogP contribution in [-0.2, 0) is 0 Å². The molecular formula is C67H47N3O4. The summed E-state index contributed by atoms with van der Waals surface area (Å²) in [7, 11) is 6.70. The van der Waals surface area contributed by atoms with Gasteiger partial charge in [-0.2, -0.15) is 0 Å². The number of nitrogens with zero attached hydrogens (tertiary/aromatic N) is 3. The first-order chi connectivity index (χ1) is 36.4. The lowest BCUT2D eigenvalue weighted by Crippen LogP contribution is -1.94. The number of hydrogen-bond acceptors (Lipinski definition) is 7. The normalized spacial score (nSPS) is 10.4. The van der Waals surface area contributed by atoms with E-state index in [2.05, 4.69) is 106 Å². The van der Waals surface area contributed by atoms with Crippen LogP contribution in [0.25, 0.3) is 67.3 Å². The molecule has 0 N–H and O–H groups in total. The summed E-state index contributed by atoms with van der Waals surface area (Å²) < 4.78 is 22.4. The van der Waals surface area contributed by atoms with E-state index in [9.17, 15) is 0 Å². The molecule has 10 aromatic rings. The third kappa shape index (κ3) is 11.6. The van der Waals surface area contributed by atoms with Crippen molar-refractivity contribution >= 4 is 0 Å². The van der Waals surface area contributed by atoms with Crippen molar-refractivity contribution in [3.8, 4) is 126 Å². The zero-order chi connectivity index (χ0) is 50.6. The van der Waals surface area contributed by atoms with E-state index in [1.54, 1.807) is 40.8 Å². The van der Waals surface area contributed by atoms with Crippen molar-refractivity contribution in [2.45, 2.75) is 0 Å². The Hall–Kier alpha value is -10.1. The molecular weight excluding hydrogens is 911 g/mol. The highest BCUT2D eigenvalue weighted by Crippen LogP contribution is 2.34. The molecule has 0 amide bonds. The van der Waals surface area contributed by atoms with Gasteiger partial charge >= 0.3 is 0 Å². The van der Waals surface area contributed by atoms with Crippen molar-refractivity contribution in [1.82, 2.24) is 15.0 Å². The lowest BCUT2D eigenvalue weighted by atomic mass is 9.95. The van der Waals surface area contributed by atoms with E-state index < -0.39 is 0 Å². The predicted octanol–water partition coefficient (Wildman–Crippen LogP) is 14.1. The van der Waals surface area contributed by atoms with Gasteiger partial charge in [-0.05, 0) is 184 Å². The second-order valence-corrected chi connectivity index (χ2v) is 17.1. The molecule has 7 heteroatoms. The van der Waals surface area contributed by atoms with Gasteiger partial charge in [0.2, 0.25) is 0 Å². The van der Waals surface area contributed by atoms with E-state index in [4.69, 9.17) is 23.9 Å². The average Bonchev–Trinajstić information content (AvgIpc) is 3.47. The Bertz CT molecular complexity index is 3500. The molecule has 0 spiro atoms. The molecule has 0 radical (unpaired) electrons. The van der Waals surface area contributed by atoms with E-state index in [1.165, 1.54) is 0 Å². The maximum Gasteiger partial charge on any atom is 0.119 e. The van der Waals surface area contributed by atoms with Crippen molar-refractivity contribution < 1.29 is 18.9 Å². The van der Waals surface area contributed by atoms with E-state index >= 15 is 0 Å². The third-order valence-electron chi connectivity index (χ3n) is 12.1. The fourth-order valence-corrected chi connectivity index (χ4v) is 8.45. The number of methoxy groups -OCH3 is 4. The summed E-state index contributed by atoms with van der Waals surface area (Å²) >= 11 is 0. The summed E-state index contributed by atoms with van der Waals surface area (Å²) in [6.45, 7) is 0. The smallest absolute Gasteiger partial charge is 0.119 e. The Labute approximate surface area is 432 Å². The topological polar surface area (TPSA) is 75.6 Å². The maximum absolute atomic E-state index is 5.61. The monoisotopic (exact) mass is 957 g/mol. The highest BCUT2D eigenvalue weighted by molar-refractivity contribution is 5.79. The molecule has 3 aromatic heterocycles. The van der Waals surface area contributed by atoms with Crippen LogP contribution in [0.4, 0.5) is 0 Å². The summed E-state index contributed by atoms with van der Waals surface area (Å²) in [6, 6.07) is 66.4. The lowest BCUT2D eigenvalue weighted by molar-refractivity contribution is 0.415. The van der Waals surface area contributed by atoms with E-state index in [-0.39, 0.29) is 0 Å². The zero-order valence-electron chi connectivity index (χ0n) is 41.2. The van der Waals surface area contributed by atoms with Crippen molar-refractivity contribution in [1.29, 1.82) is 0 Å². The SMILES string of the molecule is COc1cccc(-c2cc(C#Cc3cc(C#Cc4cc(-c5cccc(OC)c5)cc(-c5cccc(OC)c5)c4)cc(C#Cc4cc(-c5ccccn5)nc(-c5ccccn5)c4)c3)cc(-c3cccc(OC)c3)c2)c1. The number of rotatable bonds is 10. The van der Waals surface area contributed by atoms with Crippen LogP contribution < -0.4 is 18.9 Å². The number of aromatic nitrogens is 3. The molecule has 7 nitrogen and oxygen atoms in total. The van der Waals surface area contributed by atoms with Gasteiger partial charge in [-0.3, -0.25) is 9.97 Å². The molecule has 0 aliphatic heterocycles. The minimum absolute atomic E-state index is 0.693. The minimum atomic E-state index is 0.693. The van der Waals surface area contributed by atoms with Crippen LogP contribution in [-0.4, -0.2) is 43.4 Å². The Morgan fingerprint density at radius 1 is 0.257 bits per heavy atom. The van der Waals surface area contributed by atoms with Crippen LogP contribution >= 0.6 is 0 Å². The van der Waals surface area contributed by atoms with Gasteiger partial charge in [-0.25, -0.2) is 4.98 Å². The number of benzene rings is 7. The molecule has 0 unspecified atom stereocenters. The van der Waals surface area contributed by atoms with Gasteiger partial charge < -0.3 is 18.9 Å². The Morgan fingerprint density at radius 2 is 0.554 bits per heavy atom. The molecule has 7 aromatic carbocycles. The van der Waals surface area contributed by atoms with Gasteiger partial charge in [-0.1, -0.05) is 96.2 Å². The van der Waals surface area contributed by atoms with Crippen LogP contribution in [0.1, 0.15) is 33.4 Å². The van der Waals surface area contributed by atoms with Crippen molar-refractivity contribution in [2.24, 2.45) is 0 Å². The Morgan fingerprint density at radius 3 is 0.838 bits per heavy atom. The quantitative estimate of drug-likeness (QED) is 0.126. The fourth-order valence-electron chi connectivity index (χ4n) is 8.45. The van der Waals surface area contributed by atoms with E-state index in [0.29, 0.717) is 11.4 Å². The van der Waals surface area contributed by atoms with Crippen molar-refractivity contribution in [3.05, 3.63) is 246 Å². The Balaban J connectivity index is 1.11. The van der Waals surface area contributed by atoms with Crippen LogP contribution in [0.15, 0.2) is 213 Å². The van der Waals surface area contributed by atoms with E-state index in [1.807, 2.05) is 140 Å². The molecule has 0 bridgehead atoms. The van der Waals surface area contributed by atoms with Gasteiger partial charge in [-0.15, -0.1) is 0 Å². The number of hydrogen-bond donors (Lipinski definition) is 0. The standard InChI is InChI=1S/C67H47N3O4/c1-71-60-17-9-13-52(42-60)56-34-49(35-57(40-56)53-14-10-18-61(43-53)72-2)26-23-46-31-47(24-27-50-36-58(54-15-11-19-62(44-54)73-3)41-59(37-50)55-16-12-20-63(45-55)74-4)33-48(32-46)25-28-51-38-66(64-21-5-7-29-68-64)70-67(39-51)65-22-6-8-30-69-65/h5-22,29-45H,1-4H3. The maximum atomic E-state index is 5.61. The van der Waals surface area contributed by atoms with Crippen LogP contribution in [0.5, 0.6) is 23.0 Å². The molecule has 3 heterocycles. The van der Waals surface area contributed by atoms with Crippen molar-refractivity contribution in [2.75, 3.05) is 28.4 Å². The molecule has 0 aliphatic rings. The molecule has 0 aliphatic carbocycles. The van der Waals surface area contributed by atoms with Gasteiger partial charge in [0.15, 0.2) is 0 Å². The van der Waals surface area contributed by atoms with Gasteiger partial charge in [0.25, 0.3) is 0 Å². The van der Waals surface area contributed by atoms with Crippen LogP contribution in [0.2, 0.25) is 0 Å².